The number of nitrogens with zero attached hydrogens (tertiary/aromatic N) is 16. The molecule has 12 rings (SSSR count). The number of carboxylic acids is 3. The molecular weight excluding hydrogens is 1930 g/mol. The predicted molar refractivity (Wildman–Crippen MR) is 517 cm³/mol. The molecule has 134 heavy (non-hydrogen) atoms. The summed E-state index contributed by atoms with van der Waals surface area (Å²) in [5.41, 5.74) is 5.30. The lowest BCUT2D eigenvalue weighted by molar-refractivity contribution is -0.385. The molecule has 0 saturated heterocycles. The van der Waals surface area contributed by atoms with Gasteiger partial charge >= 0.3 is 23.9 Å². The van der Waals surface area contributed by atoms with Gasteiger partial charge in [-0.05, 0) is 123 Å². The summed E-state index contributed by atoms with van der Waals surface area (Å²) in [6.07, 6.45) is 0.629. The molecule has 0 amide bonds. The summed E-state index contributed by atoms with van der Waals surface area (Å²) in [4.78, 5) is 118. The number of benzene rings is 8. The molecule has 0 saturated carbocycles. The largest absolute Gasteiger partial charge is 0.504 e. The molecule has 692 valence electrons. The normalized spacial score (nSPS) is 11.4. The lowest BCUT2D eigenvalue weighted by atomic mass is 10.0. The summed E-state index contributed by atoms with van der Waals surface area (Å²) in [5, 5.41) is 135. The highest BCUT2D eigenvalue weighted by Crippen LogP contribution is 2.40. The second-order valence-corrected chi connectivity index (χ2v) is 33.1. The molecule has 37 nitrogen and oxygen atoms in total. The second-order valence-electron chi connectivity index (χ2n) is 28.8. The number of ketones is 1. The minimum atomic E-state index is -1.47. The molecule has 4 aromatic heterocycles. The molecule has 0 bridgehead atoms. The Hall–Kier alpha value is -14.4. The summed E-state index contributed by atoms with van der Waals surface area (Å²) in [6, 6.07) is 38.8. The van der Waals surface area contributed by atoms with E-state index >= 15 is 0 Å². The van der Waals surface area contributed by atoms with E-state index in [9.17, 15) is 84.9 Å². The van der Waals surface area contributed by atoms with Crippen molar-refractivity contribution in [3.8, 4) is 68.0 Å². The van der Waals surface area contributed by atoms with E-state index < -0.39 is 77.5 Å². The van der Waals surface area contributed by atoms with Crippen LogP contribution >= 0.6 is 106 Å². The van der Waals surface area contributed by atoms with Crippen molar-refractivity contribution in [2.45, 2.75) is 47.0 Å². The van der Waals surface area contributed by atoms with Crippen LogP contribution in [0.4, 0.5) is 22.7 Å². The number of thiocarbonyl (C=S) groups is 3. The van der Waals surface area contributed by atoms with Crippen LogP contribution < -0.4 is 0 Å². The lowest BCUT2D eigenvalue weighted by Gasteiger charge is -2.06. The van der Waals surface area contributed by atoms with Crippen LogP contribution in [0.25, 0.3) is 45.0 Å². The Labute approximate surface area is 805 Å². The summed E-state index contributed by atoms with van der Waals surface area (Å²) < 4.78 is 10.6. The molecule has 0 aliphatic rings. The van der Waals surface area contributed by atoms with Gasteiger partial charge in [0.2, 0.25) is 0 Å². The number of halogens is 6. The number of ether oxygens (including phenoxy) is 1. The molecule has 4 heterocycles. The molecular formula is C88H74Cl6N16O21S3. The average Bonchev–Trinajstić information content (AvgIpc) is 1.66. The zero-order chi connectivity index (χ0) is 98.9. The number of Topliss-reactive ketones (excluding diaryl/α,β-unsaturated/α-hetero) is 1. The first-order valence-electron chi connectivity index (χ1n) is 38.7. The maximum Gasteiger partial charge on any atom is 0.344 e. The summed E-state index contributed by atoms with van der Waals surface area (Å²) in [7, 11) is 7.87. The van der Waals surface area contributed by atoms with Crippen molar-refractivity contribution in [1.82, 2.24) is 39.1 Å². The SMILES string of the molecule is CC(=NCC(=O)c1ccc(C(=O)O)c([N+](=O)[O-])c1)c1nn(C)c(-c2ccc(Cl)cc2)c1O.CC(=NCC(=S)Cc1ccc(C(=O)O)c([N+](=O)[O-])c1)c1nn(C)c(-c2ccc(Cl)c(Cl)c2)c1O.CC(=NCC(=S)Cc1ccc(C(=O)O)c([N+](=O)[O-])c1)c1nn(C)c(-c2ccc(Cl)cc2)c1O.COC(=O)c1ccc(CC(=S)CN=C(C)c2nn(C)c(-c3ccc(Cl)c(Cl)c3)c2O)cc1[N+](=O)[O-]. The molecule has 0 atom stereocenters. The van der Waals surface area contributed by atoms with E-state index in [-0.39, 0.29) is 114 Å². The number of carbonyl (C=O) groups excluding carboxylic acids is 2. The Morgan fingerprint density at radius 2 is 0.627 bits per heavy atom. The van der Waals surface area contributed by atoms with Gasteiger partial charge in [-0.15, -0.1) is 0 Å². The van der Waals surface area contributed by atoms with Gasteiger partial charge in [-0.1, -0.05) is 161 Å². The number of hydrogen-bond donors (Lipinski definition) is 7. The highest BCUT2D eigenvalue weighted by Gasteiger charge is 2.30. The van der Waals surface area contributed by atoms with E-state index in [1.807, 2.05) is 0 Å². The molecule has 0 fully saturated rings. The number of nitro groups is 4. The summed E-state index contributed by atoms with van der Waals surface area (Å²) in [5.74, 6) is -5.84. The molecule has 7 N–H and O–H groups in total. The Kier molecular flexibility index (Phi) is 35.2. The number of aromatic carboxylic acids is 3. The first-order valence-corrected chi connectivity index (χ1v) is 42.2. The van der Waals surface area contributed by atoms with E-state index in [1.165, 1.54) is 68.6 Å². The van der Waals surface area contributed by atoms with Crippen molar-refractivity contribution < 1.29 is 84.1 Å². The second kappa shape index (κ2) is 45.7. The first kappa shape index (κ1) is 103. The average molecular weight is 2000 g/mol. The number of hydrogen-bond acceptors (Lipinski definition) is 29. The van der Waals surface area contributed by atoms with Crippen molar-refractivity contribution in [3.63, 3.8) is 0 Å². The van der Waals surface area contributed by atoms with Gasteiger partial charge in [0.15, 0.2) is 28.8 Å². The molecule has 46 heteroatoms. The third kappa shape index (κ3) is 25.7. The number of methoxy groups -OCH3 is 1. The fraction of sp³-hybridized carbons (Fsp3) is 0.182. The van der Waals surface area contributed by atoms with E-state index in [1.54, 1.807) is 152 Å². The summed E-state index contributed by atoms with van der Waals surface area (Å²) in [6.45, 7) is 6.62. The zero-order valence-electron chi connectivity index (χ0n) is 71.5. The molecule has 0 spiro atoms. The number of aromatic hydroxyl groups is 4. The van der Waals surface area contributed by atoms with Gasteiger partial charge in [0.1, 0.15) is 74.3 Å². The van der Waals surface area contributed by atoms with E-state index in [4.69, 9.17) is 122 Å². The van der Waals surface area contributed by atoms with E-state index in [0.717, 1.165) is 24.8 Å². The highest BCUT2D eigenvalue weighted by atomic mass is 35.5. The van der Waals surface area contributed by atoms with Crippen molar-refractivity contribution in [3.05, 3.63) is 296 Å². The first-order chi connectivity index (χ1) is 63.2. The molecule has 0 unspecified atom stereocenters. The Balaban J connectivity index is 0.000000201. The smallest absolute Gasteiger partial charge is 0.344 e. The van der Waals surface area contributed by atoms with Crippen molar-refractivity contribution in [1.29, 1.82) is 0 Å². The molecule has 12 aromatic rings. The molecule has 0 aliphatic carbocycles. The third-order valence-electron chi connectivity index (χ3n) is 19.6. The maximum absolute atomic E-state index is 12.5. The topological polar surface area (TPSA) is 529 Å². The number of aromatic nitrogens is 8. The zero-order valence-corrected chi connectivity index (χ0v) is 78.4. The fourth-order valence-electron chi connectivity index (χ4n) is 13.1. The number of esters is 1. The number of nitro benzene ring substituents is 4. The quantitative estimate of drug-likeness (QED) is 0.00530. The van der Waals surface area contributed by atoms with Gasteiger partial charge in [-0.3, -0.25) is 83.9 Å². The predicted octanol–water partition coefficient (Wildman–Crippen LogP) is 18.6. The lowest BCUT2D eigenvalue weighted by Crippen LogP contribution is -2.09. The van der Waals surface area contributed by atoms with Crippen molar-refractivity contribution in [2.24, 2.45) is 48.2 Å². The van der Waals surface area contributed by atoms with Crippen LogP contribution in [0.2, 0.25) is 30.1 Å². The highest BCUT2D eigenvalue weighted by molar-refractivity contribution is 7.80. The van der Waals surface area contributed by atoms with Gasteiger partial charge in [0.25, 0.3) is 22.7 Å². The number of rotatable bonds is 31. The molecule has 8 aromatic carbocycles. The minimum absolute atomic E-state index is 0.0214. The van der Waals surface area contributed by atoms with Gasteiger partial charge in [-0.2, -0.15) is 20.4 Å². The van der Waals surface area contributed by atoms with Crippen molar-refractivity contribution >= 4 is 196 Å². The van der Waals surface area contributed by atoms with Gasteiger partial charge in [0, 0.05) is 124 Å². The number of aliphatic imine (C=N–C) groups is 4. The molecule has 0 radical (unpaired) electrons. The Morgan fingerprint density at radius 1 is 0.366 bits per heavy atom. The van der Waals surface area contributed by atoms with Crippen LogP contribution in [0.1, 0.15) is 119 Å². The molecule has 0 aliphatic heterocycles. The number of aryl methyl sites for hydroxylation is 4. The van der Waals surface area contributed by atoms with Gasteiger partial charge in [-0.25, -0.2) is 19.2 Å². The fourth-order valence-corrected chi connectivity index (χ4v) is 14.6. The van der Waals surface area contributed by atoms with Crippen LogP contribution in [0.5, 0.6) is 23.0 Å². The standard InChI is InChI=1S/C23H20Cl2N4O5S.C22H18Cl2N4O5S.C22H19ClN4O5S.C21H17ClN4O6/c1-12(20-22(30)21(28(2)27-20)14-5-7-17(24)18(25)10-14)26-11-15(35)8-13-4-6-16(23(31)34-3)19(9-13)29(32)33;1-11(19-21(29)20(27(2)26-19)13-4-6-16(23)17(24)9-13)25-10-14(34)7-12-3-5-15(22(30)31)18(8-12)28(32)33;1-12(19-21(28)20(26(2)25-19)14-4-6-15(23)7-5-14)24-11-16(33)9-13-3-8-17(22(29)30)18(10-13)27(31)32;1-11(18-20(28)19(25(2)24-18)12-3-6-14(22)7-4-12)23-10-17(27)13-5-8-15(21(29)30)16(9-13)26(31)32/h4-7,9-10,30H,8,11H2,1-3H3;3-6,8-9,29H,7,10H2,1-2H3,(H,30,31);3-8,10,28H,9,11H2,1-2H3,(H,29,30);3-9,28H,10H2,1-2H3,(H,29,30). The van der Waals surface area contributed by atoms with Gasteiger partial charge < -0.3 is 40.5 Å². The number of carboxylic acid groups (broad SMARTS) is 3. The Bertz CT molecular complexity index is 6890. The maximum atomic E-state index is 12.5. The van der Waals surface area contributed by atoms with Crippen LogP contribution in [0, 0.1) is 40.5 Å². The minimum Gasteiger partial charge on any atom is -0.504 e. The summed E-state index contributed by atoms with van der Waals surface area (Å²) >= 11 is 52.1. The third-order valence-corrected chi connectivity index (χ3v) is 22.4. The van der Waals surface area contributed by atoms with E-state index in [2.05, 4.69) is 45.1 Å². The van der Waals surface area contributed by atoms with Crippen molar-refractivity contribution in [2.75, 3.05) is 33.3 Å². The monoisotopic (exact) mass is 2000 g/mol. The van der Waals surface area contributed by atoms with Gasteiger partial charge in [0.05, 0.1) is 89.4 Å². The van der Waals surface area contributed by atoms with Crippen LogP contribution in [0.15, 0.2) is 178 Å². The van der Waals surface area contributed by atoms with Crippen LogP contribution in [-0.4, -0.2) is 195 Å². The van der Waals surface area contributed by atoms with Crippen LogP contribution in [-0.2, 0) is 52.2 Å². The van der Waals surface area contributed by atoms with Crippen LogP contribution in [0.3, 0.4) is 0 Å². The Morgan fingerprint density at radius 3 is 0.910 bits per heavy atom. The van der Waals surface area contributed by atoms with E-state index in [0.29, 0.717) is 124 Å². The number of carbonyl (C=O) groups is 5.